The number of para-hydroxylation sites is 1. The molecule has 0 radical (unpaired) electrons. The van der Waals surface area contributed by atoms with Crippen LogP contribution in [0.2, 0.25) is 0 Å². The number of nitrogens with zero attached hydrogens (tertiary/aromatic N) is 2. The first kappa shape index (κ1) is 10.7. The highest BCUT2D eigenvalue weighted by Crippen LogP contribution is 2.24. The molecular formula is C15H11N3. The van der Waals surface area contributed by atoms with E-state index in [4.69, 9.17) is 5.73 Å². The summed E-state index contributed by atoms with van der Waals surface area (Å²) in [4.78, 5) is 8.72. The van der Waals surface area contributed by atoms with Crippen molar-refractivity contribution in [3.8, 4) is 11.8 Å². The van der Waals surface area contributed by atoms with E-state index in [0.29, 0.717) is 6.54 Å². The van der Waals surface area contributed by atoms with Crippen LogP contribution in [0.3, 0.4) is 0 Å². The number of benzene rings is 1. The molecular weight excluding hydrogens is 222 g/mol. The molecule has 86 valence electrons. The van der Waals surface area contributed by atoms with Crippen molar-refractivity contribution in [1.82, 2.24) is 9.97 Å². The molecule has 0 amide bonds. The predicted octanol–water partition coefficient (Wildman–Crippen LogP) is 2.09. The number of rotatable bonds is 0. The Morgan fingerprint density at radius 1 is 1.06 bits per heavy atom. The Morgan fingerprint density at radius 3 is 2.83 bits per heavy atom. The fraction of sp³-hybridized carbons (Fsp3) is 0.0667. The van der Waals surface area contributed by atoms with Gasteiger partial charge in [-0.15, -0.1) is 0 Å². The largest absolute Gasteiger partial charge is 0.320 e. The monoisotopic (exact) mass is 233 g/mol. The van der Waals surface area contributed by atoms with Gasteiger partial charge in [-0.3, -0.25) is 4.98 Å². The normalized spacial score (nSPS) is 10.3. The van der Waals surface area contributed by atoms with Crippen LogP contribution in [0.4, 0.5) is 0 Å². The van der Waals surface area contributed by atoms with Crippen LogP contribution in [-0.4, -0.2) is 16.5 Å². The van der Waals surface area contributed by atoms with Crippen molar-refractivity contribution in [2.75, 3.05) is 6.54 Å². The summed E-state index contributed by atoms with van der Waals surface area (Å²) in [6.07, 6.45) is 3.59. The molecule has 0 aliphatic carbocycles. The van der Waals surface area contributed by atoms with Gasteiger partial charge < -0.3 is 5.73 Å². The van der Waals surface area contributed by atoms with Gasteiger partial charge in [0, 0.05) is 23.2 Å². The molecule has 18 heavy (non-hydrogen) atoms. The summed E-state index contributed by atoms with van der Waals surface area (Å²) in [5, 5.41) is 3.21. The summed E-state index contributed by atoms with van der Waals surface area (Å²) in [7, 11) is 0. The van der Waals surface area contributed by atoms with E-state index in [-0.39, 0.29) is 0 Å². The van der Waals surface area contributed by atoms with Crippen molar-refractivity contribution < 1.29 is 0 Å². The molecule has 0 saturated heterocycles. The number of hydrogen-bond donors (Lipinski definition) is 1. The zero-order valence-corrected chi connectivity index (χ0v) is 9.72. The maximum absolute atomic E-state index is 5.42. The van der Waals surface area contributed by atoms with E-state index in [2.05, 4.69) is 27.9 Å². The lowest BCUT2D eigenvalue weighted by Gasteiger charge is -2.04. The van der Waals surface area contributed by atoms with Crippen LogP contribution in [-0.2, 0) is 0 Å². The molecule has 1 aromatic carbocycles. The zero-order chi connectivity index (χ0) is 12.4. The molecule has 3 rings (SSSR count). The summed E-state index contributed by atoms with van der Waals surface area (Å²) in [6.45, 7) is 0.330. The fourth-order valence-corrected chi connectivity index (χ4v) is 2.03. The lowest BCUT2D eigenvalue weighted by atomic mass is 10.1. The van der Waals surface area contributed by atoms with Crippen molar-refractivity contribution >= 4 is 21.7 Å². The number of fused-ring (bicyclic) bond motifs is 3. The molecule has 0 bridgehead atoms. The number of nitrogens with two attached hydrogens (primary N) is 1. The van der Waals surface area contributed by atoms with Crippen LogP contribution < -0.4 is 5.73 Å². The molecule has 0 aliphatic heterocycles. The van der Waals surface area contributed by atoms with Crippen molar-refractivity contribution in [3.05, 3.63) is 48.4 Å². The summed E-state index contributed by atoms with van der Waals surface area (Å²) < 4.78 is 0. The third-order valence-corrected chi connectivity index (χ3v) is 2.81. The van der Waals surface area contributed by atoms with Crippen LogP contribution in [0.1, 0.15) is 5.69 Å². The van der Waals surface area contributed by atoms with E-state index in [1.807, 2.05) is 24.3 Å². The van der Waals surface area contributed by atoms with Gasteiger partial charge in [-0.1, -0.05) is 24.1 Å². The third kappa shape index (κ3) is 1.69. The molecule has 0 atom stereocenters. The van der Waals surface area contributed by atoms with Crippen molar-refractivity contribution in [2.45, 2.75) is 0 Å². The molecule has 0 unspecified atom stereocenters. The second-order valence-electron chi connectivity index (χ2n) is 3.90. The van der Waals surface area contributed by atoms with Crippen molar-refractivity contribution in [3.63, 3.8) is 0 Å². The van der Waals surface area contributed by atoms with Crippen LogP contribution in [0.5, 0.6) is 0 Å². The first-order valence-corrected chi connectivity index (χ1v) is 5.71. The van der Waals surface area contributed by atoms with Crippen LogP contribution in [0.25, 0.3) is 21.7 Å². The van der Waals surface area contributed by atoms with Crippen molar-refractivity contribution in [2.24, 2.45) is 5.73 Å². The third-order valence-electron chi connectivity index (χ3n) is 2.81. The minimum absolute atomic E-state index is 0.330. The Kier molecular flexibility index (Phi) is 2.64. The zero-order valence-electron chi connectivity index (χ0n) is 9.72. The average Bonchev–Trinajstić information content (AvgIpc) is 2.45. The van der Waals surface area contributed by atoms with E-state index in [9.17, 15) is 0 Å². The van der Waals surface area contributed by atoms with Gasteiger partial charge >= 0.3 is 0 Å². The summed E-state index contributed by atoms with van der Waals surface area (Å²) in [6, 6.07) is 10.0. The Hall–Kier alpha value is -2.44. The first-order chi connectivity index (χ1) is 8.90. The molecule has 2 aromatic heterocycles. The fourth-order valence-electron chi connectivity index (χ4n) is 2.03. The minimum Gasteiger partial charge on any atom is -0.320 e. The first-order valence-electron chi connectivity index (χ1n) is 5.71. The number of pyridine rings is 2. The van der Waals surface area contributed by atoms with Gasteiger partial charge in [-0.25, -0.2) is 4.98 Å². The summed E-state index contributed by atoms with van der Waals surface area (Å²) in [5.41, 5.74) is 7.10. The Bertz CT molecular complexity index is 782. The van der Waals surface area contributed by atoms with Crippen LogP contribution >= 0.6 is 0 Å². The maximum Gasteiger partial charge on any atom is 0.123 e. The number of hydrogen-bond acceptors (Lipinski definition) is 3. The predicted molar refractivity (Wildman–Crippen MR) is 73.0 cm³/mol. The van der Waals surface area contributed by atoms with Crippen LogP contribution in [0.15, 0.2) is 42.7 Å². The quantitative estimate of drug-likeness (QED) is 0.478. The molecule has 3 aromatic rings. The highest BCUT2D eigenvalue weighted by molar-refractivity contribution is 6.07. The molecule has 3 nitrogen and oxygen atoms in total. The van der Waals surface area contributed by atoms with Gasteiger partial charge in [0.15, 0.2) is 0 Å². The van der Waals surface area contributed by atoms with Gasteiger partial charge in [-0.05, 0) is 23.4 Å². The Labute approximate surface area is 105 Å². The van der Waals surface area contributed by atoms with E-state index >= 15 is 0 Å². The highest BCUT2D eigenvalue weighted by Gasteiger charge is 2.05. The van der Waals surface area contributed by atoms with E-state index < -0.39 is 0 Å². The Balaban J connectivity index is 2.46. The number of aromatic nitrogens is 2. The molecule has 0 fully saturated rings. The molecule has 3 heteroatoms. The molecule has 0 aliphatic rings. The average molecular weight is 233 g/mol. The van der Waals surface area contributed by atoms with Gasteiger partial charge in [-0.2, -0.15) is 0 Å². The topological polar surface area (TPSA) is 51.8 Å². The summed E-state index contributed by atoms with van der Waals surface area (Å²) >= 11 is 0. The minimum atomic E-state index is 0.330. The van der Waals surface area contributed by atoms with Crippen LogP contribution in [0, 0.1) is 11.8 Å². The van der Waals surface area contributed by atoms with E-state index in [1.54, 1.807) is 12.4 Å². The maximum atomic E-state index is 5.42. The second-order valence-corrected chi connectivity index (χ2v) is 3.90. The lowest BCUT2D eigenvalue weighted by molar-refractivity contribution is 1.29. The molecule has 0 spiro atoms. The molecule has 2 N–H and O–H groups in total. The SMILES string of the molecule is NCC#Cc1nc2ccccc2c2ccncc12. The van der Waals surface area contributed by atoms with Gasteiger partial charge in [0.25, 0.3) is 0 Å². The second kappa shape index (κ2) is 4.44. The summed E-state index contributed by atoms with van der Waals surface area (Å²) in [5.74, 6) is 5.86. The Morgan fingerprint density at radius 2 is 1.94 bits per heavy atom. The lowest BCUT2D eigenvalue weighted by Crippen LogP contribution is -1.95. The van der Waals surface area contributed by atoms with E-state index in [0.717, 1.165) is 27.4 Å². The van der Waals surface area contributed by atoms with Crippen molar-refractivity contribution in [1.29, 1.82) is 0 Å². The smallest absolute Gasteiger partial charge is 0.123 e. The van der Waals surface area contributed by atoms with Gasteiger partial charge in [0.1, 0.15) is 5.69 Å². The van der Waals surface area contributed by atoms with Gasteiger partial charge in [0.2, 0.25) is 0 Å². The highest BCUT2D eigenvalue weighted by atomic mass is 14.7. The van der Waals surface area contributed by atoms with E-state index in [1.165, 1.54) is 0 Å². The standard InChI is InChI=1S/C15H11N3/c16-8-3-6-15-13-10-17-9-7-11(13)12-4-1-2-5-14(12)18-15/h1-2,4-5,7,9-10H,8,16H2. The molecule has 2 heterocycles. The molecule has 0 saturated carbocycles. The van der Waals surface area contributed by atoms with Gasteiger partial charge in [0.05, 0.1) is 12.1 Å².